The Kier molecular flexibility index (Phi) is 3.16. The summed E-state index contributed by atoms with van der Waals surface area (Å²) in [5.41, 5.74) is 5.30. The average molecular weight is 359 g/mol. The van der Waals surface area contributed by atoms with Gasteiger partial charge in [0.2, 0.25) is 12.2 Å². The number of alkyl halides is 2. The largest absolute Gasteiger partial charge is 0.394 e. The first-order chi connectivity index (χ1) is 11.3. The number of halogens is 2. The molecule has 3 aromatic heterocycles. The van der Waals surface area contributed by atoms with E-state index in [2.05, 4.69) is 15.0 Å². The van der Waals surface area contributed by atoms with Gasteiger partial charge in [0.1, 0.15) is 26.7 Å². The second-order valence-corrected chi connectivity index (χ2v) is 6.36. The quantitative estimate of drug-likeness (QED) is 0.497. The zero-order chi connectivity index (χ0) is 17.2. The number of aliphatic hydroxyl groups is 2. The Morgan fingerprint density at radius 3 is 2.96 bits per heavy atom. The number of H-pyrrole nitrogens is 1. The number of fused-ring (bicyclic) bond motifs is 3. The van der Waals surface area contributed by atoms with Crippen LogP contribution in [-0.4, -0.2) is 54.5 Å². The van der Waals surface area contributed by atoms with E-state index in [9.17, 15) is 18.7 Å². The molecule has 128 valence electrons. The van der Waals surface area contributed by atoms with Gasteiger partial charge in [0, 0.05) is 0 Å². The lowest BCUT2D eigenvalue weighted by atomic mass is 10.1. The Morgan fingerprint density at radius 1 is 1.54 bits per heavy atom. The van der Waals surface area contributed by atoms with Crippen LogP contribution in [0.5, 0.6) is 0 Å². The molecule has 0 amide bonds. The smallest absolute Gasteiger partial charge is 0.320 e. The molecule has 9 nitrogen and oxygen atoms in total. The van der Waals surface area contributed by atoms with Crippen molar-refractivity contribution in [1.82, 2.24) is 19.5 Å². The van der Waals surface area contributed by atoms with Gasteiger partial charge in [-0.3, -0.25) is 14.3 Å². The number of nitrogen functional groups attached to an aromatic ring is 1. The predicted octanol–water partition coefficient (Wildman–Crippen LogP) is -0.198. The number of nitrogens with two attached hydrogens (primary N) is 1. The number of thiophene rings is 1. The molecule has 1 fully saturated rings. The summed E-state index contributed by atoms with van der Waals surface area (Å²) in [4.78, 5) is 22.5. The molecule has 3 aromatic rings. The Labute approximate surface area is 135 Å². The topological polar surface area (TPSA) is 139 Å². The molecule has 0 radical (unpaired) electrons. The van der Waals surface area contributed by atoms with Crippen LogP contribution in [-0.2, 0) is 4.74 Å². The highest BCUT2D eigenvalue weighted by Crippen LogP contribution is 2.45. The maximum absolute atomic E-state index is 14.4. The van der Waals surface area contributed by atoms with Crippen LogP contribution in [0.3, 0.4) is 0 Å². The number of nitrogens with one attached hydrogen (secondary N) is 1. The molecule has 1 saturated heterocycles. The molecular formula is C12H11F2N5O4S. The van der Waals surface area contributed by atoms with E-state index in [0.29, 0.717) is 4.83 Å². The maximum Gasteiger partial charge on any atom is 0.320 e. The van der Waals surface area contributed by atoms with Crippen molar-refractivity contribution >= 4 is 37.8 Å². The van der Waals surface area contributed by atoms with Crippen LogP contribution in [0, 0.1) is 0 Å². The van der Waals surface area contributed by atoms with Crippen molar-refractivity contribution < 1.29 is 23.7 Å². The van der Waals surface area contributed by atoms with Crippen LogP contribution < -0.4 is 11.3 Å². The monoisotopic (exact) mass is 359 g/mol. The van der Waals surface area contributed by atoms with Crippen molar-refractivity contribution in [3.05, 3.63) is 16.7 Å². The number of imidazole rings is 1. The fourth-order valence-corrected chi connectivity index (χ4v) is 3.74. The Hall–Kier alpha value is -2.15. The van der Waals surface area contributed by atoms with E-state index in [4.69, 9.17) is 15.6 Å². The van der Waals surface area contributed by atoms with Gasteiger partial charge in [0.05, 0.1) is 12.9 Å². The van der Waals surface area contributed by atoms with E-state index in [0.717, 1.165) is 22.2 Å². The highest BCUT2D eigenvalue weighted by atomic mass is 32.1. The van der Waals surface area contributed by atoms with Crippen LogP contribution in [0.25, 0.3) is 20.6 Å². The maximum atomic E-state index is 14.4. The Morgan fingerprint density at radius 2 is 2.29 bits per heavy atom. The van der Waals surface area contributed by atoms with E-state index in [1.165, 1.54) is 0 Å². The molecule has 3 atom stereocenters. The molecule has 24 heavy (non-hydrogen) atoms. The third-order valence-electron chi connectivity index (χ3n) is 3.89. The highest BCUT2D eigenvalue weighted by Gasteiger charge is 2.59. The second-order valence-electron chi connectivity index (χ2n) is 5.37. The van der Waals surface area contributed by atoms with Gasteiger partial charge in [-0.25, -0.2) is 9.97 Å². The number of hydrogen-bond acceptors (Lipinski definition) is 8. The van der Waals surface area contributed by atoms with Crippen LogP contribution in [0.2, 0.25) is 0 Å². The fraction of sp³-hybridized carbons (Fsp3) is 0.417. The minimum atomic E-state index is -3.66. The summed E-state index contributed by atoms with van der Waals surface area (Å²) in [6.07, 6.45) is -4.38. The molecule has 1 aliphatic rings. The molecular weight excluding hydrogens is 348 g/mol. The molecule has 0 unspecified atom stereocenters. The van der Waals surface area contributed by atoms with Crippen molar-refractivity contribution in [2.45, 2.75) is 24.4 Å². The van der Waals surface area contributed by atoms with Gasteiger partial charge in [0.15, 0.2) is 6.10 Å². The van der Waals surface area contributed by atoms with Gasteiger partial charge in [-0.1, -0.05) is 0 Å². The molecule has 0 bridgehead atoms. The zero-order valence-corrected chi connectivity index (χ0v) is 12.6. The van der Waals surface area contributed by atoms with Gasteiger partial charge >= 0.3 is 5.92 Å². The molecule has 0 aromatic carbocycles. The SMILES string of the molecule is Nc1nc2c(sc3ncn([C@@H]4O[C@H](CO)[C@@H](O)C4(F)F)c32)c(=O)[nH]1. The van der Waals surface area contributed by atoms with Gasteiger partial charge in [-0.15, -0.1) is 11.3 Å². The van der Waals surface area contributed by atoms with Gasteiger partial charge in [0.25, 0.3) is 5.56 Å². The van der Waals surface area contributed by atoms with Crippen LogP contribution >= 0.6 is 11.3 Å². The molecule has 4 rings (SSSR count). The molecule has 0 aliphatic carbocycles. The second kappa shape index (κ2) is 4.92. The summed E-state index contributed by atoms with van der Waals surface area (Å²) in [6.45, 7) is -0.764. The van der Waals surface area contributed by atoms with Crippen molar-refractivity contribution in [3.8, 4) is 0 Å². The fourth-order valence-electron chi connectivity index (χ4n) is 2.77. The van der Waals surface area contributed by atoms with Crippen molar-refractivity contribution in [1.29, 1.82) is 0 Å². The van der Waals surface area contributed by atoms with E-state index in [-0.39, 0.29) is 21.7 Å². The van der Waals surface area contributed by atoms with Crippen molar-refractivity contribution in [2.24, 2.45) is 0 Å². The Bertz CT molecular complexity index is 999. The third kappa shape index (κ3) is 1.90. The summed E-state index contributed by atoms with van der Waals surface area (Å²) in [5.74, 6) is -3.82. The first-order valence-corrected chi connectivity index (χ1v) is 7.63. The lowest BCUT2D eigenvalue weighted by molar-refractivity contribution is -0.137. The molecule has 0 spiro atoms. The number of aromatic amines is 1. The lowest BCUT2D eigenvalue weighted by Crippen LogP contribution is -2.39. The molecule has 12 heteroatoms. The average Bonchev–Trinajstić information content (AvgIpc) is 3.13. The predicted molar refractivity (Wildman–Crippen MR) is 79.9 cm³/mol. The third-order valence-corrected chi connectivity index (χ3v) is 4.97. The molecule has 5 N–H and O–H groups in total. The lowest BCUT2D eigenvalue weighted by Gasteiger charge is -2.20. The summed E-state index contributed by atoms with van der Waals surface area (Å²) >= 11 is 0.978. The number of nitrogens with zero attached hydrogens (tertiary/aromatic N) is 3. The van der Waals surface area contributed by atoms with Crippen molar-refractivity contribution in [3.63, 3.8) is 0 Å². The molecule has 1 aliphatic heterocycles. The summed E-state index contributed by atoms with van der Waals surface area (Å²) < 4.78 is 35.0. The molecule has 4 heterocycles. The summed E-state index contributed by atoms with van der Waals surface area (Å²) in [5, 5.41) is 18.7. The molecule has 0 saturated carbocycles. The van der Waals surface area contributed by atoms with E-state index in [1.54, 1.807) is 0 Å². The van der Waals surface area contributed by atoms with Crippen LogP contribution in [0.15, 0.2) is 11.1 Å². The first kappa shape index (κ1) is 15.4. The van der Waals surface area contributed by atoms with Crippen LogP contribution in [0.1, 0.15) is 6.23 Å². The number of aliphatic hydroxyl groups excluding tert-OH is 2. The number of rotatable bonds is 2. The number of ether oxygens (including phenoxy) is 1. The number of aromatic nitrogens is 4. The Balaban J connectivity index is 1.96. The highest BCUT2D eigenvalue weighted by molar-refractivity contribution is 7.25. The first-order valence-electron chi connectivity index (χ1n) is 6.81. The van der Waals surface area contributed by atoms with E-state index >= 15 is 0 Å². The van der Waals surface area contributed by atoms with Gasteiger partial charge < -0.3 is 20.7 Å². The number of anilines is 1. The zero-order valence-electron chi connectivity index (χ0n) is 11.8. The van der Waals surface area contributed by atoms with E-state index < -0.39 is 36.5 Å². The van der Waals surface area contributed by atoms with Crippen molar-refractivity contribution in [2.75, 3.05) is 12.3 Å². The van der Waals surface area contributed by atoms with Gasteiger partial charge in [-0.2, -0.15) is 8.78 Å². The van der Waals surface area contributed by atoms with Gasteiger partial charge in [-0.05, 0) is 0 Å². The van der Waals surface area contributed by atoms with E-state index in [1.807, 2.05) is 0 Å². The van der Waals surface area contributed by atoms with Crippen LogP contribution in [0.4, 0.5) is 14.7 Å². The normalized spacial score (nSPS) is 26.6. The summed E-state index contributed by atoms with van der Waals surface area (Å²) in [6, 6.07) is 0. The number of hydrogen-bond donors (Lipinski definition) is 4. The standard InChI is InChI=1S/C12H11F2N5O4S/c13-12(14)7(21)3(1-20)23-10(12)19-2-16-9-5(19)4-6(24-9)8(22)18-11(15)17-4/h2-3,7,10,20-21H,1H2,(H3,15,17,18,22)/t3-,7-,10-/m1/s1. The summed E-state index contributed by atoms with van der Waals surface area (Å²) in [7, 11) is 0. The minimum Gasteiger partial charge on any atom is -0.394 e. The minimum absolute atomic E-state index is 0.120.